The van der Waals surface area contributed by atoms with E-state index in [1.807, 2.05) is 31.9 Å². The number of aromatic nitrogens is 5. The lowest BCUT2D eigenvalue weighted by molar-refractivity contribution is -0.00452. The molecule has 16 heteroatoms. The van der Waals surface area contributed by atoms with Gasteiger partial charge in [0.2, 0.25) is 5.88 Å². The molecule has 0 spiro atoms. The van der Waals surface area contributed by atoms with Gasteiger partial charge in [-0.15, -0.1) is 5.10 Å². The van der Waals surface area contributed by atoms with Crippen LogP contribution in [0, 0.1) is 5.41 Å². The third-order valence-corrected chi connectivity index (χ3v) is 11.7. The zero-order chi connectivity index (χ0) is 33.2. The summed E-state index contributed by atoms with van der Waals surface area (Å²) < 4.78 is 65.1. The second kappa shape index (κ2) is 11.2. The van der Waals surface area contributed by atoms with E-state index in [0.717, 1.165) is 6.42 Å². The van der Waals surface area contributed by atoms with E-state index in [1.165, 1.54) is 27.8 Å². The van der Waals surface area contributed by atoms with Crippen LogP contribution in [0.3, 0.4) is 0 Å². The number of carbonyl (C=O) groups is 1. The van der Waals surface area contributed by atoms with Crippen molar-refractivity contribution in [2.45, 2.75) is 87.2 Å². The highest BCUT2D eigenvalue weighted by Gasteiger charge is 2.60. The second-order valence-corrected chi connectivity index (χ2v) is 17.6. The van der Waals surface area contributed by atoms with Crippen LogP contribution in [-0.4, -0.2) is 74.2 Å². The van der Waals surface area contributed by atoms with Gasteiger partial charge in [-0.25, -0.2) is 31.6 Å². The van der Waals surface area contributed by atoms with Crippen molar-refractivity contribution in [2.24, 2.45) is 5.41 Å². The molecule has 2 atom stereocenters. The standard InChI is InChI=1S/C29H40F2N7O4PS2/c1-25(2,3)38-15-19(14-32-38)45(40,41)35-24(39)20-8-9-21(33-23(20)36-17-27(6,44-7)16-26(36,4)5)37-13-10-22(34-37)42-18-28(11-12-28)29(30,31)43/h8-10,13-15H,11-12,16-18,43H2,1-7H3,(H,35,39)/t27-/m1/s1. The lowest BCUT2D eigenvalue weighted by atomic mass is 9.97. The fourth-order valence-corrected chi connectivity index (χ4v) is 7.58. The summed E-state index contributed by atoms with van der Waals surface area (Å²) in [6, 6.07) is 4.63. The molecule has 0 radical (unpaired) electrons. The van der Waals surface area contributed by atoms with Gasteiger partial charge in [0.15, 0.2) is 5.82 Å². The van der Waals surface area contributed by atoms with Crippen molar-refractivity contribution in [3.8, 4) is 11.7 Å². The molecule has 5 rings (SSSR count). The molecule has 1 saturated heterocycles. The maximum Gasteiger partial charge on any atom is 0.268 e. The Kier molecular flexibility index (Phi) is 8.35. The number of hydrogen-bond donors (Lipinski definition) is 1. The minimum absolute atomic E-state index is 0.0750. The number of hydrogen-bond acceptors (Lipinski definition) is 9. The third-order valence-electron chi connectivity index (χ3n) is 8.52. The minimum Gasteiger partial charge on any atom is -0.476 e. The Bertz CT molecular complexity index is 1710. The summed E-state index contributed by atoms with van der Waals surface area (Å²) in [5.41, 5.74) is -4.94. The fourth-order valence-electron chi connectivity index (χ4n) is 5.56. The summed E-state index contributed by atoms with van der Waals surface area (Å²) >= 11 is 1.72. The number of pyridine rings is 1. The molecule has 1 unspecified atom stereocenters. The van der Waals surface area contributed by atoms with E-state index in [0.29, 0.717) is 31.0 Å². The van der Waals surface area contributed by atoms with Crippen LogP contribution in [0.1, 0.15) is 71.2 Å². The number of carbonyl (C=O) groups excluding carboxylic acids is 1. The molecular formula is C29H40F2N7O4PS2. The lowest BCUT2D eigenvalue weighted by Crippen LogP contribution is -2.41. The quantitative estimate of drug-likeness (QED) is 0.292. The van der Waals surface area contributed by atoms with E-state index >= 15 is 0 Å². The van der Waals surface area contributed by atoms with Gasteiger partial charge in [0.25, 0.3) is 21.6 Å². The van der Waals surface area contributed by atoms with Crippen molar-refractivity contribution in [1.29, 1.82) is 0 Å². The first-order chi connectivity index (χ1) is 20.7. The number of amides is 1. The molecule has 3 aromatic rings. The fraction of sp³-hybridized carbons (Fsp3) is 0.586. The van der Waals surface area contributed by atoms with Gasteiger partial charge in [-0.3, -0.25) is 9.48 Å². The van der Waals surface area contributed by atoms with Gasteiger partial charge >= 0.3 is 0 Å². The van der Waals surface area contributed by atoms with Crippen LogP contribution in [0.25, 0.3) is 5.82 Å². The molecule has 0 aromatic carbocycles. The Labute approximate surface area is 269 Å². The zero-order valence-corrected chi connectivity index (χ0v) is 29.3. The van der Waals surface area contributed by atoms with Crippen LogP contribution >= 0.6 is 21.0 Å². The molecule has 4 heterocycles. The smallest absolute Gasteiger partial charge is 0.268 e. The van der Waals surface area contributed by atoms with Crippen LogP contribution in [0.15, 0.2) is 41.7 Å². The molecule has 1 aliphatic heterocycles. The third kappa shape index (κ3) is 6.71. The van der Waals surface area contributed by atoms with E-state index in [4.69, 9.17) is 9.72 Å². The van der Waals surface area contributed by atoms with Crippen molar-refractivity contribution >= 4 is 42.8 Å². The highest BCUT2D eigenvalue weighted by Crippen LogP contribution is 2.59. The Morgan fingerprint density at radius 2 is 1.87 bits per heavy atom. The van der Waals surface area contributed by atoms with E-state index in [1.54, 1.807) is 39.3 Å². The first-order valence-corrected chi connectivity index (χ1v) is 17.8. The molecule has 2 fully saturated rings. The van der Waals surface area contributed by atoms with Crippen molar-refractivity contribution < 1.29 is 26.7 Å². The van der Waals surface area contributed by atoms with E-state index in [2.05, 4.69) is 35.7 Å². The first kappa shape index (κ1) is 33.6. The summed E-state index contributed by atoms with van der Waals surface area (Å²) in [6.45, 7) is 12.3. The van der Waals surface area contributed by atoms with Crippen LogP contribution in [0.5, 0.6) is 5.88 Å². The van der Waals surface area contributed by atoms with Crippen molar-refractivity contribution in [3.05, 3.63) is 42.4 Å². The van der Waals surface area contributed by atoms with E-state index in [9.17, 15) is 22.0 Å². The number of nitrogens with one attached hydrogen (secondary N) is 1. The lowest BCUT2D eigenvalue weighted by Gasteiger charge is -2.33. The number of ether oxygens (including phenoxy) is 1. The van der Waals surface area contributed by atoms with Gasteiger partial charge in [0, 0.05) is 35.3 Å². The maximum atomic E-state index is 14.0. The number of rotatable bonds is 10. The summed E-state index contributed by atoms with van der Waals surface area (Å²) in [5.74, 6) is -0.0274. The molecule has 3 aromatic heterocycles. The molecule has 1 aliphatic carbocycles. The molecule has 2 aliphatic rings. The van der Waals surface area contributed by atoms with Crippen molar-refractivity contribution in [2.75, 3.05) is 24.3 Å². The molecule has 45 heavy (non-hydrogen) atoms. The predicted molar refractivity (Wildman–Crippen MR) is 173 cm³/mol. The zero-order valence-electron chi connectivity index (χ0n) is 26.5. The van der Waals surface area contributed by atoms with Crippen LogP contribution in [-0.2, 0) is 15.6 Å². The summed E-state index contributed by atoms with van der Waals surface area (Å²) in [4.78, 5) is 20.4. The van der Waals surface area contributed by atoms with Gasteiger partial charge in [-0.1, -0.05) is 9.24 Å². The van der Waals surface area contributed by atoms with Gasteiger partial charge in [0.05, 0.1) is 22.7 Å². The highest BCUT2D eigenvalue weighted by molar-refractivity contribution is 8.00. The Hall–Kier alpha value is -2.77. The van der Waals surface area contributed by atoms with Crippen molar-refractivity contribution in [1.82, 2.24) is 29.3 Å². The van der Waals surface area contributed by atoms with Gasteiger partial charge < -0.3 is 9.64 Å². The van der Waals surface area contributed by atoms with Crippen molar-refractivity contribution in [3.63, 3.8) is 0 Å². The van der Waals surface area contributed by atoms with Gasteiger partial charge in [0.1, 0.15) is 17.3 Å². The molecule has 1 N–H and O–H groups in total. The van der Waals surface area contributed by atoms with E-state index < -0.39 is 38.1 Å². The number of sulfonamides is 1. The topological polar surface area (TPSA) is 124 Å². The number of halogens is 2. The maximum absolute atomic E-state index is 14.0. The van der Waals surface area contributed by atoms with Crippen LogP contribution < -0.4 is 14.4 Å². The largest absolute Gasteiger partial charge is 0.476 e. The number of alkyl halides is 2. The summed E-state index contributed by atoms with van der Waals surface area (Å²) in [5, 5.41) is 8.54. The number of anilines is 1. The molecule has 11 nitrogen and oxygen atoms in total. The minimum atomic E-state index is -4.25. The number of thioether (sulfide) groups is 1. The average Bonchev–Trinajstić information content (AvgIpc) is 3.25. The highest BCUT2D eigenvalue weighted by atomic mass is 32.2. The van der Waals surface area contributed by atoms with E-state index in [-0.39, 0.29) is 27.7 Å². The Morgan fingerprint density at radius 1 is 1.18 bits per heavy atom. The average molecular weight is 684 g/mol. The summed E-state index contributed by atoms with van der Waals surface area (Å²) in [6.07, 6.45) is 7.75. The molecule has 1 saturated carbocycles. The molecule has 1 amide bonds. The second-order valence-electron chi connectivity index (χ2n) is 13.8. The molecule has 0 bridgehead atoms. The summed E-state index contributed by atoms with van der Waals surface area (Å²) in [7, 11) is -2.64. The molecular weight excluding hydrogens is 643 g/mol. The first-order valence-electron chi connectivity index (χ1n) is 14.5. The SMILES string of the molecule is CS[C@@]1(C)CN(c2nc(-n3ccc(OCC4(C(F)(F)P)CC4)n3)ccc2C(=O)NS(=O)(=O)c2cnn(C(C)(C)C)c2)C(C)(C)C1. The van der Waals surface area contributed by atoms with Crippen LogP contribution in [0.4, 0.5) is 14.6 Å². The van der Waals surface area contributed by atoms with Gasteiger partial charge in [-0.05, 0) is 79.2 Å². The van der Waals surface area contributed by atoms with Crippen LogP contribution in [0.2, 0.25) is 0 Å². The Balaban J connectivity index is 1.47. The predicted octanol–water partition coefficient (Wildman–Crippen LogP) is 5.07. The molecule has 246 valence electrons. The van der Waals surface area contributed by atoms with Gasteiger partial charge in [-0.2, -0.15) is 16.9 Å². The normalized spacial score (nSPS) is 21.2. The monoisotopic (exact) mass is 683 g/mol. The number of nitrogens with zero attached hydrogens (tertiary/aromatic N) is 6. The Morgan fingerprint density at radius 3 is 2.42 bits per heavy atom.